The molecular formula is C17H17Cl2FN4O4. The zero-order chi connectivity index (χ0) is 20.3. The van der Waals surface area contributed by atoms with Gasteiger partial charge in [0.15, 0.2) is 11.6 Å². The van der Waals surface area contributed by atoms with Crippen molar-refractivity contribution in [3.8, 4) is 11.5 Å². The molecule has 1 unspecified atom stereocenters. The number of fused-ring (bicyclic) bond motifs is 1. The van der Waals surface area contributed by atoms with Crippen molar-refractivity contribution < 1.29 is 23.8 Å². The van der Waals surface area contributed by atoms with Crippen molar-refractivity contribution >= 4 is 40.6 Å². The molecule has 0 bridgehead atoms. The molecule has 0 radical (unpaired) electrons. The Labute approximate surface area is 170 Å². The van der Waals surface area contributed by atoms with Gasteiger partial charge in [-0.2, -0.15) is 0 Å². The lowest BCUT2D eigenvalue weighted by Crippen LogP contribution is -2.43. The Morgan fingerprint density at radius 3 is 2.93 bits per heavy atom. The quantitative estimate of drug-likeness (QED) is 0.579. The summed E-state index contributed by atoms with van der Waals surface area (Å²) >= 11 is 11.7. The lowest BCUT2D eigenvalue weighted by atomic mass is 10.3. The molecular weight excluding hydrogens is 414 g/mol. The second-order valence-electron chi connectivity index (χ2n) is 5.79. The maximum Gasteiger partial charge on any atom is 0.283 e. The highest BCUT2D eigenvalue weighted by molar-refractivity contribution is 6.32. The first-order valence-corrected chi connectivity index (χ1v) is 8.95. The summed E-state index contributed by atoms with van der Waals surface area (Å²) in [6.45, 7) is 0.303. The summed E-state index contributed by atoms with van der Waals surface area (Å²) in [7, 11) is 1.43. The van der Waals surface area contributed by atoms with E-state index in [0.29, 0.717) is 22.3 Å². The predicted molar refractivity (Wildman–Crippen MR) is 103 cm³/mol. The zero-order valence-corrected chi connectivity index (χ0v) is 16.2. The van der Waals surface area contributed by atoms with Crippen LogP contribution in [-0.2, 0) is 4.79 Å². The van der Waals surface area contributed by atoms with Gasteiger partial charge >= 0.3 is 0 Å². The Morgan fingerprint density at radius 2 is 2.18 bits per heavy atom. The van der Waals surface area contributed by atoms with Crippen LogP contribution in [0.1, 0.15) is 0 Å². The minimum atomic E-state index is -1.33. The van der Waals surface area contributed by atoms with E-state index in [2.05, 4.69) is 15.6 Å². The Morgan fingerprint density at radius 1 is 1.39 bits per heavy atom. The van der Waals surface area contributed by atoms with E-state index < -0.39 is 12.2 Å². The number of aliphatic hydroxyl groups is 1. The van der Waals surface area contributed by atoms with Gasteiger partial charge in [0.25, 0.3) is 6.41 Å². The number of hydrogen-bond acceptors (Lipinski definition) is 7. The molecule has 0 spiro atoms. The van der Waals surface area contributed by atoms with Crippen molar-refractivity contribution in [1.82, 2.24) is 10.3 Å². The third-order valence-electron chi connectivity index (χ3n) is 3.89. The van der Waals surface area contributed by atoms with Gasteiger partial charge < -0.3 is 25.2 Å². The van der Waals surface area contributed by atoms with Gasteiger partial charge in [-0.05, 0) is 6.07 Å². The van der Waals surface area contributed by atoms with Crippen LogP contribution in [0.2, 0.25) is 10.0 Å². The minimum absolute atomic E-state index is 0.167. The van der Waals surface area contributed by atoms with E-state index in [1.165, 1.54) is 30.3 Å². The fraction of sp³-hybridized carbons (Fsp3) is 0.294. The first-order chi connectivity index (χ1) is 13.4. The summed E-state index contributed by atoms with van der Waals surface area (Å²) in [6.07, 6.45) is 0.0615. The van der Waals surface area contributed by atoms with E-state index in [-0.39, 0.29) is 36.3 Å². The number of benzene rings is 1. The summed E-state index contributed by atoms with van der Waals surface area (Å²) < 4.78 is 24.1. The highest BCUT2D eigenvalue weighted by Crippen LogP contribution is 2.35. The number of anilines is 2. The van der Waals surface area contributed by atoms with Crippen molar-refractivity contribution in [2.45, 2.75) is 6.41 Å². The molecule has 2 heterocycles. The average molecular weight is 431 g/mol. The largest absolute Gasteiger partial charge is 0.495 e. The molecule has 28 heavy (non-hydrogen) atoms. The summed E-state index contributed by atoms with van der Waals surface area (Å²) in [5, 5.41) is 16.0. The van der Waals surface area contributed by atoms with Gasteiger partial charge in [-0.15, -0.1) is 0 Å². The number of carbonyl (C=O) groups is 1. The normalized spacial score (nSPS) is 15.0. The molecule has 1 aromatic carbocycles. The number of ether oxygens (including phenoxy) is 2. The van der Waals surface area contributed by atoms with Crippen molar-refractivity contribution in [1.29, 1.82) is 0 Å². The maximum absolute atomic E-state index is 13.9. The highest BCUT2D eigenvalue weighted by atomic mass is 35.5. The van der Waals surface area contributed by atoms with Crippen LogP contribution < -0.4 is 25.0 Å². The van der Waals surface area contributed by atoms with E-state index in [9.17, 15) is 14.3 Å². The maximum atomic E-state index is 13.9. The molecule has 0 saturated heterocycles. The number of nitrogens with one attached hydrogen (secondary N) is 2. The minimum Gasteiger partial charge on any atom is -0.495 e. The van der Waals surface area contributed by atoms with E-state index in [0.717, 1.165) is 6.07 Å². The molecule has 2 aromatic rings. The summed E-state index contributed by atoms with van der Waals surface area (Å²) in [6, 6.07) is 4.09. The number of pyridine rings is 1. The number of nitrogens with zero attached hydrogens (tertiary/aromatic N) is 2. The number of halogens is 3. The smallest absolute Gasteiger partial charge is 0.283 e. The van der Waals surface area contributed by atoms with Crippen LogP contribution in [0.3, 0.4) is 0 Å². The van der Waals surface area contributed by atoms with Gasteiger partial charge in [-0.3, -0.25) is 9.69 Å². The van der Waals surface area contributed by atoms with Crippen LogP contribution in [0.15, 0.2) is 24.4 Å². The van der Waals surface area contributed by atoms with Gasteiger partial charge in [0.2, 0.25) is 5.91 Å². The molecule has 1 aromatic heterocycles. The highest BCUT2D eigenvalue weighted by Gasteiger charge is 2.32. The molecule has 150 valence electrons. The number of hydrogen-bond donors (Lipinski definition) is 3. The molecule has 11 heteroatoms. The summed E-state index contributed by atoms with van der Waals surface area (Å²) in [5.74, 6) is 0.0463. The number of rotatable bonds is 7. The standard InChI is InChI=1S/C17H17Cl2FN4O4/c1-27-13-6-12(11(20)5-10(13)19)21-2-3-22-15(25)8-24-16-14(28-17(24)26)4-9(18)7-23-16/h4-7,17,21,26H,2-3,8H2,1H3,(H,22,25). The van der Waals surface area contributed by atoms with E-state index in [4.69, 9.17) is 32.7 Å². The summed E-state index contributed by atoms with van der Waals surface area (Å²) in [5.41, 5.74) is 0.203. The van der Waals surface area contributed by atoms with E-state index in [1.807, 2.05) is 0 Å². The van der Waals surface area contributed by atoms with Crippen LogP contribution >= 0.6 is 23.2 Å². The molecule has 0 aliphatic carbocycles. The summed E-state index contributed by atoms with van der Waals surface area (Å²) in [4.78, 5) is 17.5. The zero-order valence-electron chi connectivity index (χ0n) is 14.7. The number of methoxy groups -OCH3 is 1. The van der Waals surface area contributed by atoms with E-state index in [1.54, 1.807) is 0 Å². The van der Waals surface area contributed by atoms with Crippen LogP contribution in [0.5, 0.6) is 11.5 Å². The van der Waals surface area contributed by atoms with Crippen molar-refractivity contribution in [3.63, 3.8) is 0 Å². The molecule has 8 nitrogen and oxygen atoms in total. The average Bonchev–Trinajstić information content (AvgIpc) is 2.94. The molecule has 3 rings (SSSR count). The van der Waals surface area contributed by atoms with Gasteiger partial charge in [0.1, 0.15) is 18.1 Å². The Hall–Kier alpha value is -2.49. The van der Waals surface area contributed by atoms with Crippen molar-refractivity contribution in [3.05, 3.63) is 40.3 Å². The fourth-order valence-electron chi connectivity index (χ4n) is 2.58. The molecule has 0 saturated carbocycles. The SMILES string of the molecule is COc1cc(NCCNC(=O)CN2c3ncc(Cl)cc3OC2O)c(F)cc1Cl. The van der Waals surface area contributed by atoms with Crippen molar-refractivity contribution in [2.75, 3.05) is 37.0 Å². The fourth-order valence-corrected chi connectivity index (χ4v) is 2.96. The van der Waals surface area contributed by atoms with Gasteiger partial charge in [-0.1, -0.05) is 23.2 Å². The second kappa shape index (κ2) is 8.68. The molecule has 1 aliphatic heterocycles. The van der Waals surface area contributed by atoms with Crippen LogP contribution in [0, 0.1) is 5.82 Å². The first-order valence-electron chi connectivity index (χ1n) is 8.19. The predicted octanol–water partition coefficient (Wildman–Crippen LogP) is 2.24. The molecule has 1 atom stereocenters. The first kappa shape index (κ1) is 20.2. The number of aromatic nitrogens is 1. The third kappa shape index (κ3) is 4.49. The Bertz CT molecular complexity index is 886. The topological polar surface area (TPSA) is 96.0 Å². The molecule has 0 fully saturated rings. The molecule has 3 N–H and O–H groups in total. The van der Waals surface area contributed by atoms with Crippen molar-refractivity contribution in [2.24, 2.45) is 0 Å². The second-order valence-corrected chi connectivity index (χ2v) is 6.63. The Kier molecular flexibility index (Phi) is 6.28. The lowest BCUT2D eigenvalue weighted by Gasteiger charge is -2.19. The number of aliphatic hydroxyl groups excluding tert-OH is 1. The molecule has 1 amide bonds. The Balaban J connectivity index is 1.50. The van der Waals surface area contributed by atoms with E-state index >= 15 is 0 Å². The number of carbonyl (C=O) groups excluding carboxylic acids is 1. The monoisotopic (exact) mass is 430 g/mol. The molecule has 1 aliphatic rings. The third-order valence-corrected chi connectivity index (χ3v) is 4.39. The van der Waals surface area contributed by atoms with Crippen LogP contribution in [0.25, 0.3) is 0 Å². The lowest BCUT2D eigenvalue weighted by molar-refractivity contribution is -0.120. The van der Waals surface area contributed by atoms with Gasteiger partial charge in [0, 0.05) is 31.4 Å². The van der Waals surface area contributed by atoms with Gasteiger partial charge in [0.05, 0.1) is 22.8 Å². The number of amides is 1. The van der Waals surface area contributed by atoms with Crippen LogP contribution in [-0.4, -0.2) is 49.2 Å². The van der Waals surface area contributed by atoms with Crippen LogP contribution in [0.4, 0.5) is 15.9 Å². The van der Waals surface area contributed by atoms with Gasteiger partial charge in [-0.25, -0.2) is 9.37 Å².